The zero-order chi connectivity index (χ0) is 28.1. The summed E-state index contributed by atoms with van der Waals surface area (Å²) in [4.78, 5) is 0. The van der Waals surface area contributed by atoms with Gasteiger partial charge in [0.05, 0.1) is 13.1 Å². The monoisotopic (exact) mass is 546 g/mol. The summed E-state index contributed by atoms with van der Waals surface area (Å²) in [7, 11) is 0. The van der Waals surface area contributed by atoms with E-state index >= 15 is 0 Å². The van der Waals surface area contributed by atoms with E-state index in [2.05, 4.69) is 42.3 Å². The van der Waals surface area contributed by atoms with Gasteiger partial charge in [0.25, 0.3) is 5.82 Å². The third-order valence-electron chi connectivity index (χ3n) is 8.81. The van der Waals surface area contributed by atoms with Crippen LogP contribution in [0.3, 0.4) is 0 Å². The predicted molar refractivity (Wildman–Crippen MR) is 175 cm³/mol. The van der Waals surface area contributed by atoms with Gasteiger partial charge in [-0.05, 0) is 25.7 Å². The third kappa shape index (κ3) is 21.6. The molecule has 0 saturated carbocycles. The molecule has 1 aromatic rings. The molecule has 0 saturated heterocycles. The number of unbranched alkanes of at least 4 members (excludes halogenated alkanes) is 25. The van der Waals surface area contributed by atoms with E-state index in [9.17, 15) is 0 Å². The Morgan fingerprint density at radius 2 is 0.795 bits per heavy atom. The molecule has 1 heterocycles. The smallest absolute Gasteiger partial charge is 0.234 e. The van der Waals surface area contributed by atoms with Crippen molar-refractivity contribution in [3.8, 4) is 0 Å². The SMILES string of the molecule is CCCCCCCCCCCCCCCCCCCc1n(CCCCCCCCCCCC)cc[n+]1CCC. The normalized spacial score (nSPS) is 11.6. The molecule has 0 bridgehead atoms. The van der Waals surface area contributed by atoms with Crippen LogP contribution in [0.5, 0.6) is 0 Å². The highest BCUT2D eigenvalue weighted by Gasteiger charge is 2.15. The van der Waals surface area contributed by atoms with Crippen LogP contribution in [0.4, 0.5) is 0 Å². The van der Waals surface area contributed by atoms with Crippen molar-refractivity contribution in [2.24, 2.45) is 0 Å². The van der Waals surface area contributed by atoms with E-state index in [0.717, 1.165) is 0 Å². The Morgan fingerprint density at radius 1 is 0.436 bits per heavy atom. The molecule has 1 rings (SSSR count). The predicted octanol–water partition coefficient (Wildman–Crippen LogP) is 12.3. The topological polar surface area (TPSA) is 8.81 Å². The van der Waals surface area contributed by atoms with E-state index in [4.69, 9.17) is 0 Å². The maximum absolute atomic E-state index is 2.59. The standard InChI is InChI=1S/C37H73N2/c1-4-7-9-11-13-15-17-18-19-20-21-22-23-24-26-28-30-32-37-38(33-6-3)35-36-39(37)34-31-29-27-25-16-14-12-10-8-5-2/h35-36H,4-34H2,1-3H3/q+1. The van der Waals surface area contributed by atoms with Crippen molar-refractivity contribution in [2.75, 3.05) is 0 Å². The fourth-order valence-corrected chi connectivity index (χ4v) is 6.21. The molecule has 0 N–H and O–H groups in total. The summed E-state index contributed by atoms with van der Waals surface area (Å²) in [5.41, 5.74) is 0. The molecule has 0 aromatic carbocycles. The second kappa shape index (κ2) is 28.7. The fraction of sp³-hybridized carbons (Fsp3) is 0.919. The molecule has 0 aliphatic carbocycles. The quantitative estimate of drug-likeness (QED) is 0.0648. The molecule has 2 nitrogen and oxygen atoms in total. The molecule has 0 unspecified atom stereocenters. The summed E-state index contributed by atoms with van der Waals surface area (Å²) in [5.74, 6) is 1.59. The zero-order valence-electron chi connectivity index (χ0n) is 27.5. The first-order valence-corrected chi connectivity index (χ1v) is 18.4. The summed E-state index contributed by atoms with van der Waals surface area (Å²) in [5, 5.41) is 0. The van der Waals surface area contributed by atoms with Crippen LogP contribution in [0.25, 0.3) is 0 Å². The van der Waals surface area contributed by atoms with Crippen LogP contribution in [0, 0.1) is 0 Å². The third-order valence-corrected chi connectivity index (χ3v) is 8.81. The number of hydrogen-bond donors (Lipinski definition) is 0. The number of aromatic nitrogens is 2. The van der Waals surface area contributed by atoms with Crippen molar-refractivity contribution in [3.05, 3.63) is 18.2 Å². The lowest BCUT2D eigenvalue weighted by Gasteiger charge is -2.06. The second-order valence-corrected chi connectivity index (χ2v) is 12.7. The summed E-state index contributed by atoms with van der Waals surface area (Å²) in [6.07, 6.45) is 46.1. The lowest BCUT2D eigenvalue weighted by Crippen LogP contribution is -2.37. The summed E-state index contributed by atoms with van der Waals surface area (Å²) in [6, 6.07) is 0. The van der Waals surface area contributed by atoms with E-state index in [1.807, 2.05) is 0 Å². The lowest BCUT2D eigenvalue weighted by atomic mass is 10.0. The minimum absolute atomic E-state index is 1.18. The van der Waals surface area contributed by atoms with Crippen molar-refractivity contribution < 1.29 is 4.57 Å². The molecule has 0 atom stereocenters. The van der Waals surface area contributed by atoms with Crippen LogP contribution in [0.2, 0.25) is 0 Å². The first-order chi connectivity index (χ1) is 19.3. The van der Waals surface area contributed by atoms with Crippen molar-refractivity contribution in [1.82, 2.24) is 4.57 Å². The number of rotatable bonds is 31. The largest absolute Gasteiger partial charge is 0.256 e. The van der Waals surface area contributed by atoms with E-state index in [0.29, 0.717) is 0 Å². The maximum Gasteiger partial charge on any atom is 0.256 e. The molecule has 0 fully saturated rings. The molecule has 0 aliphatic rings. The highest BCUT2D eigenvalue weighted by molar-refractivity contribution is 4.84. The molecule has 230 valence electrons. The van der Waals surface area contributed by atoms with Gasteiger partial charge in [-0.1, -0.05) is 175 Å². The Kier molecular flexibility index (Phi) is 26.7. The van der Waals surface area contributed by atoms with Crippen LogP contribution in [-0.2, 0) is 19.5 Å². The van der Waals surface area contributed by atoms with E-state index < -0.39 is 0 Å². The van der Waals surface area contributed by atoms with Crippen molar-refractivity contribution in [2.45, 2.75) is 220 Å². The summed E-state index contributed by atoms with van der Waals surface area (Å²) < 4.78 is 5.13. The van der Waals surface area contributed by atoms with Crippen molar-refractivity contribution in [3.63, 3.8) is 0 Å². The Bertz CT molecular complexity index is 605. The molecule has 0 spiro atoms. The van der Waals surface area contributed by atoms with Gasteiger partial charge in [-0.15, -0.1) is 0 Å². The number of hydrogen-bond acceptors (Lipinski definition) is 0. The first kappa shape index (κ1) is 36.2. The highest BCUT2D eigenvalue weighted by Crippen LogP contribution is 2.15. The second-order valence-electron chi connectivity index (χ2n) is 12.7. The van der Waals surface area contributed by atoms with Crippen LogP contribution >= 0.6 is 0 Å². The van der Waals surface area contributed by atoms with E-state index in [-0.39, 0.29) is 0 Å². The van der Waals surface area contributed by atoms with Gasteiger partial charge in [-0.3, -0.25) is 0 Å². The van der Waals surface area contributed by atoms with Gasteiger partial charge in [0, 0.05) is 6.42 Å². The fourth-order valence-electron chi connectivity index (χ4n) is 6.21. The molecule has 0 radical (unpaired) electrons. The van der Waals surface area contributed by atoms with Gasteiger partial charge in [-0.2, -0.15) is 0 Å². The van der Waals surface area contributed by atoms with Crippen LogP contribution in [-0.4, -0.2) is 4.57 Å². The molecule has 39 heavy (non-hydrogen) atoms. The molecule has 0 aliphatic heterocycles. The van der Waals surface area contributed by atoms with E-state index in [1.165, 1.54) is 199 Å². The Hall–Kier alpha value is -0.790. The molecular weight excluding hydrogens is 472 g/mol. The average molecular weight is 546 g/mol. The van der Waals surface area contributed by atoms with Gasteiger partial charge < -0.3 is 0 Å². The first-order valence-electron chi connectivity index (χ1n) is 18.4. The van der Waals surface area contributed by atoms with Gasteiger partial charge in [0.15, 0.2) is 0 Å². The molecule has 1 aromatic heterocycles. The Balaban J connectivity index is 2.02. The van der Waals surface area contributed by atoms with Crippen LogP contribution in [0.1, 0.15) is 206 Å². The molecule has 0 amide bonds. The van der Waals surface area contributed by atoms with Gasteiger partial charge >= 0.3 is 0 Å². The summed E-state index contributed by atoms with van der Waals surface area (Å²) in [6.45, 7) is 9.33. The maximum atomic E-state index is 2.59. The molecule has 2 heteroatoms. The van der Waals surface area contributed by atoms with Gasteiger partial charge in [0.2, 0.25) is 0 Å². The minimum atomic E-state index is 1.18. The number of aryl methyl sites for hydroxylation is 2. The molecular formula is C37H73N2+. The van der Waals surface area contributed by atoms with Crippen molar-refractivity contribution in [1.29, 1.82) is 0 Å². The zero-order valence-corrected chi connectivity index (χ0v) is 27.5. The minimum Gasteiger partial charge on any atom is -0.234 e. The Morgan fingerprint density at radius 3 is 1.18 bits per heavy atom. The average Bonchev–Trinajstić information content (AvgIpc) is 3.32. The summed E-state index contributed by atoms with van der Waals surface area (Å²) >= 11 is 0. The van der Waals surface area contributed by atoms with Crippen LogP contribution < -0.4 is 4.57 Å². The van der Waals surface area contributed by atoms with Crippen molar-refractivity contribution >= 4 is 0 Å². The van der Waals surface area contributed by atoms with E-state index in [1.54, 1.807) is 5.82 Å². The van der Waals surface area contributed by atoms with Gasteiger partial charge in [0.1, 0.15) is 12.4 Å². The lowest BCUT2D eigenvalue weighted by molar-refractivity contribution is -0.703. The number of imidazole rings is 1. The number of nitrogens with zero attached hydrogens (tertiary/aromatic N) is 2. The van der Waals surface area contributed by atoms with Crippen LogP contribution in [0.15, 0.2) is 12.4 Å². The highest BCUT2D eigenvalue weighted by atomic mass is 15.1. The Labute approximate surface area is 247 Å². The van der Waals surface area contributed by atoms with Gasteiger partial charge in [-0.25, -0.2) is 9.13 Å².